The summed E-state index contributed by atoms with van der Waals surface area (Å²) in [6, 6.07) is 32.7. The van der Waals surface area contributed by atoms with Gasteiger partial charge in [-0.2, -0.15) is 0 Å². The zero-order chi connectivity index (χ0) is 26.6. The van der Waals surface area contributed by atoms with Crippen molar-refractivity contribution < 1.29 is 33.5 Å². The lowest BCUT2D eigenvalue weighted by molar-refractivity contribution is -2.00. The van der Waals surface area contributed by atoms with Crippen LogP contribution in [-0.2, 0) is 0 Å². The second kappa shape index (κ2) is 12.2. The molecule has 5 rings (SSSR count). The van der Waals surface area contributed by atoms with Gasteiger partial charge in [0.25, 0.3) is 0 Å². The van der Waals surface area contributed by atoms with Crippen molar-refractivity contribution in [3.8, 4) is 33.4 Å². The van der Waals surface area contributed by atoms with Crippen LogP contribution in [-0.4, -0.2) is 29.0 Å². The van der Waals surface area contributed by atoms with Crippen molar-refractivity contribution in [2.45, 2.75) is 0 Å². The van der Waals surface area contributed by atoms with E-state index < -0.39 is 10.2 Å². The Kier molecular flexibility index (Phi) is 9.26. The summed E-state index contributed by atoms with van der Waals surface area (Å²) in [5, 5.41) is 1.35. The highest BCUT2D eigenvalue weighted by Crippen LogP contribution is 2.40. The first-order valence-corrected chi connectivity index (χ1v) is 15.0. The highest BCUT2D eigenvalue weighted by Gasteiger charge is 2.28. The molecular weight excluding hydrogens is 642 g/mol. The Hall–Kier alpha value is -2.01. The van der Waals surface area contributed by atoms with E-state index in [1.165, 1.54) is 44.0 Å². The largest absolute Gasteiger partial charge is 0.243 e. The maximum absolute atomic E-state index is 8.49. The number of benzene rings is 4. The van der Waals surface area contributed by atoms with E-state index >= 15 is 0 Å². The van der Waals surface area contributed by atoms with Crippen molar-refractivity contribution in [2.24, 2.45) is 0 Å². The van der Waals surface area contributed by atoms with Crippen molar-refractivity contribution in [3.63, 3.8) is 0 Å². The summed E-state index contributed by atoms with van der Waals surface area (Å²) in [6.07, 6.45) is 0. The fourth-order valence-corrected chi connectivity index (χ4v) is 5.90. The van der Waals surface area contributed by atoms with Crippen LogP contribution >= 0.6 is 43.6 Å². The van der Waals surface area contributed by atoms with Crippen LogP contribution in [0.2, 0.25) is 0 Å². The summed E-state index contributed by atoms with van der Waals surface area (Å²) in [5.41, 5.74) is 8.78. The number of thioether (sulfide) groups is 1. The smallest absolute Gasteiger partial charge is 0.226 e. The molecule has 5 nitrogen and oxygen atoms in total. The third-order valence-electron chi connectivity index (χ3n) is 5.78. The number of rotatable bonds is 4. The molecule has 0 atom stereocenters. The SMILES string of the molecule is C[N+]1=C(c2c(-c3ccc(Br)cc3)cc(-c3ccccc3)cc2-c2ccc(Br)cc2)SCC1.[O-][Cl+3]([O-])([O-])[O-]. The van der Waals surface area contributed by atoms with Crippen molar-refractivity contribution in [1.29, 1.82) is 0 Å². The summed E-state index contributed by atoms with van der Waals surface area (Å²) in [6.45, 7) is 1.07. The number of halogens is 3. The highest BCUT2D eigenvalue weighted by molar-refractivity contribution is 9.10. The molecule has 0 unspecified atom stereocenters. The Labute approximate surface area is 239 Å². The summed E-state index contributed by atoms with van der Waals surface area (Å²) in [5.74, 6) is 1.12. The monoisotopic (exact) mass is 661 g/mol. The van der Waals surface area contributed by atoms with E-state index in [4.69, 9.17) is 18.6 Å². The number of hydrogen-bond donors (Lipinski definition) is 0. The first-order chi connectivity index (χ1) is 17.6. The van der Waals surface area contributed by atoms with Gasteiger partial charge in [0.15, 0.2) is 6.54 Å². The fourth-order valence-electron chi connectivity index (χ4n) is 4.14. The molecule has 4 aromatic rings. The zero-order valence-electron chi connectivity index (χ0n) is 19.7. The van der Waals surface area contributed by atoms with Crippen molar-refractivity contribution in [2.75, 3.05) is 19.3 Å². The van der Waals surface area contributed by atoms with Crippen LogP contribution in [0.5, 0.6) is 0 Å². The third kappa shape index (κ3) is 7.52. The third-order valence-corrected chi connectivity index (χ3v) is 8.02. The molecule has 0 radical (unpaired) electrons. The molecule has 0 saturated carbocycles. The van der Waals surface area contributed by atoms with Gasteiger partial charge in [-0.05, 0) is 69.8 Å². The predicted molar refractivity (Wildman–Crippen MR) is 146 cm³/mol. The molecule has 37 heavy (non-hydrogen) atoms. The van der Waals surface area contributed by atoms with Crippen molar-refractivity contribution >= 4 is 48.7 Å². The van der Waals surface area contributed by atoms with Gasteiger partial charge in [-0.3, -0.25) is 0 Å². The van der Waals surface area contributed by atoms with Crippen LogP contribution in [0.3, 0.4) is 0 Å². The van der Waals surface area contributed by atoms with Crippen LogP contribution in [0.15, 0.2) is 99.9 Å². The maximum atomic E-state index is 8.49. The Bertz CT molecular complexity index is 1330. The van der Waals surface area contributed by atoms with Crippen LogP contribution in [0.4, 0.5) is 0 Å². The molecule has 0 saturated heterocycles. The lowest BCUT2D eigenvalue weighted by Crippen LogP contribution is -2.68. The molecule has 9 heteroatoms. The summed E-state index contributed by atoms with van der Waals surface area (Å²) < 4.78 is 38.6. The summed E-state index contributed by atoms with van der Waals surface area (Å²) in [7, 11) is -2.74. The van der Waals surface area contributed by atoms with Crippen LogP contribution in [0.25, 0.3) is 33.4 Å². The van der Waals surface area contributed by atoms with Gasteiger partial charge in [0, 0.05) is 8.95 Å². The first kappa shape index (κ1) is 28.0. The Morgan fingerprint density at radius 1 is 0.676 bits per heavy atom. The van der Waals surface area contributed by atoms with E-state index in [0.29, 0.717) is 0 Å². The molecule has 0 N–H and O–H groups in total. The molecule has 1 aliphatic rings. The van der Waals surface area contributed by atoms with Crippen molar-refractivity contribution in [3.05, 3.63) is 106 Å². The van der Waals surface area contributed by atoms with E-state index in [1.54, 1.807) is 0 Å². The van der Waals surface area contributed by atoms with E-state index in [2.05, 4.69) is 134 Å². The van der Waals surface area contributed by atoms with Crippen LogP contribution < -0.4 is 18.6 Å². The predicted octanol–water partition coefficient (Wildman–Crippen LogP) is 3.59. The van der Waals surface area contributed by atoms with E-state index in [9.17, 15) is 0 Å². The van der Waals surface area contributed by atoms with Gasteiger partial charge in [0.05, 0.1) is 11.3 Å². The first-order valence-electron chi connectivity index (χ1n) is 11.2. The lowest BCUT2D eigenvalue weighted by atomic mass is 9.88. The molecule has 0 bridgehead atoms. The minimum atomic E-state index is -4.94. The van der Waals surface area contributed by atoms with Gasteiger partial charge >= 0.3 is 0 Å². The van der Waals surface area contributed by atoms with Gasteiger partial charge in [-0.15, -0.1) is 10.2 Å². The zero-order valence-corrected chi connectivity index (χ0v) is 24.4. The summed E-state index contributed by atoms with van der Waals surface area (Å²) >= 11 is 9.15. The van der Waals surface area contributed by atoms with Crippen LogP contribution in [0.1, 0.15) is 5.56 Å². The van der Waals surface area contributed by atoms with Gasteiger partial charge in [0.2, 0.25) is 5.04 Å². The van der Waals surface area contributed by atoms with E-state index in [-0.39, 0.29) is 0 Å². The molecule has 1 heterocycles. The molecule has 1 aliphatic heterocycles. The quantitative estimate of drug-likeness (QED) is 0.311. The average Bonchev–Trinajstić information content (AvgIpc) is 3.29. The van der Waals surface area contributed by atoms with E-state index in [1.807, 2.05) is 11.8 Å². The molecule has 0 spiro atoms. The van der Waals surface area contributed by atoms with Gasteiger partial charge in [0.1, 0.15) is 7.05 Å². The lowest BCUT2D eigenvalue weighted by Gasteiger charge is -2.17. The van der Waals surface area contributed by atoms with E-state index in [0.717, 1.165) is 21.2 Å². The normalized spacial score (nSPS) is 13.4. The maximum Gasteiger partial charge on any atom is 0.243 e. The second-order valence-electron chi connectivity index (χ2n) is 8.28. The highest BCUT2D eigenvalue weighted by atomic mass is 79.9. The second-order valence-corrected chi connectivity index (χ2v) is 12.0. The molecule has 190 valence electrons. The standard InChI is InChI=1S/C28H22Br2NS.ClHO4/c1-31-15-16-32-28(31)27-25(20-7-11-23(29)12-8-20)17-22(19-5-3-2-4-6-19)18-26(27)21-9-13-24(30)14-10-21;2-1(3,4)5/h2-14,17-18H,15-16H2,1H3;(H,2,3,4,5)/q+1;/p-1. The molecular formula is C28H22Br2ClNO4S. The number of hydrogen-bond acceptors (Lipinski definition) is 5. The minimum absolute atomic E-state index is 1.07. The van der Waals surface area contributed by atoms with Crippen LogP contribution in [0, 0.1) is 10.2 Å². The Balaban J connectivity index is 0.000000586. The van der Waals surface area contributed by atoms with Gasteiger partial charge in [-0.1, -0.05) is 98.2 Å². The minimum Gasteiger partial charge on any atom is -0.226 e. The molecule has 0 aromatic heterocycles. The molecule has 0 fully saturated rings. The fraction of sp³-hybridized carbons (Fsp3) is 0.107. The Morgan fingerprint density at radius 3 is 1.54 bits per heavy atom. The molecule has 0 amide bonds. The molecule has 4 aromatic carbocycles. The van der Waals surface area contributed by atoms with Crippen molar-refractivity contribution in [1.82, 2.24) is 0 Å². The van der Waals surface area contributed by atoms with Gasteiger partial charge < -0.3 is 0 Å². The number of nitrogens with zero attached hydrogens (tertiary/aromatic N) is 1. The topological polar surface area (TPSA) is 95.2 Å². The summed E-state index contributed by atoms with van der Waals surface area (Å²) in [4.78, 5) is 0. The Morgan fingerprint density at radius 2 is 1.14 bits per heavy atom. The average molecular weight is 664 g/mol. The van der Waals surface area contributed by atoms with Gasteiger partial charge in [-0.25, -0.2) is 23.2 Å². The molecule has 0 aliphatic carbocycles.